The average Bonchev–Trinajstić information content (AvgIpc) is 2.73. The van der Waals surface area contributed by atoms with E-state index < -0.39 is 16.6 Å². The van der Waals surface area contributed by atoms with Gasteiger partial charge in [-0.15, -0.1) is 0 Å². The molecule has 0 spiro atoms. The molecule has 2 aromatic rings. The maximum Gasteiger partial charge on any atom is 0.412 e. The minimum absolute atomic E-state index is 0.0798. The third-order valence-electron chi connectivity index (χ3n) is 4.94. The van der Waals surface area contributed by atoms with Crippen LogP contribution in [0.25, 0.3) is 0 Å². The molecular formula is C23H28N4O5. The summed E-state index contributed by atoms with van der Waals surface area (Å²) in [5, 5.41) is 13.6. The van der Waals surface area contributed by atoms with Crippen molar-refractivity contribution in [1.29, 1.82) is 0 Å². The first-order chi connectivity index (χ1) is 15.1. The van der Waals surface area contributed by atoms with Crippen molar-refractivity contribution in [2.45, 2.75) is 32.9 Å². The third-order valence-corrected chi connectivity index (χ3v) is 4.94. The second-order valence-electron chi connectivity index (χ2n) is 8.70. The third kappa shape index (κ3) is 6.52. The van der Waals surface area contributed by atoms with Crippen molar-refractivity contribution < 1.29 is 19.2 Å². The Balaban J connectivity index is 1.55. The summed E-state index contributed by atoms with van der Waals surface area (Å²) in [6.07, 6.45) is -0.572. The SMILES string of the molecule is CC(C)(C)OC(=O)Nc1cccc(C(=O)N2CCN(Cc3cccc([N+](=O)[O-])c3)CC2)c1. The number of nitro groups is 1. The van der Waals surface area contributed by atoms with Gasteiger partial charge < -0.3 is 9.64 Å². The summed E-state index contributed by atoms with van der Waals surface area (Å²) in [6, 6.07) is 13.4. The summed E-state index contributed by atoms with van der Waals surface area (Å²) in [6.45, 7) is 8.39. The van der Waals surface area contributed by atoms with Crippen LogP contribution in [0.1, 0.15) is 36.7 Å². The monoisotopic (exact) mass is 440 g/mol. The topological polar surface area (TPSA) is 105 Å². The molecule has 2 aromatic carbocycles. The van der Waals surface area contributed by atoms with E-state index in [0.717, 1.165) is 5.56 Å². The second-order valence-corrected chi connectivity index (χ2v) is 8.70. The highest BCUT2D eigenvalue weighted by atomic mass is 16.6. The number of nitrogens with zero attached hydrogens (tertiary/aromatic N) is 3. The molecule has 0 radical (unpaired) electrons. The number of piperazine rings is 1. The van der Waals surface area contributed by atoms with Gasteiger partial charge in [0.15, 0.2) is 0 Å². The zero-order valence-electron chi connectivity index (χ0n) is 18.5. The Hall–Kier alpha value is -3.46. The quantitative estimate of drug-likeness (QED) is 0.558. The molecule has 0 aliphatic carbocycles. The number of carbonyl (C=O) groups excluding carboxylic acids is 2. The van der Waals surface area contributed by atoms with E-state index in [9.17, 15) is 19.7 Å². The van der Waals surface area contributed by atoms with Gasteiger partial charge in [-0.05, 0) is 44.5 Å². The molecule has 0 unspecified atom stereocenters. The summed E-state index contributed by atoms with van der Waals surface area (Å²) in [7, 11) is 0. The van der Waals surface area contributed by atoms with Gasteiger partial charge in [0.25, 0.3) is 11.6 Å². The maximum atomic E-state index is 12.9. The fraction of sp³-hybridized carbons (Fsp3) is 0.391. The van der Waals surface area contributed by atoms with E-state index >= 15 is 0 Å². The maximum absolute atomic E-state index is 12.9. The normalized spacial score (nSPS) is 14.7. The van der Waals surface area contributed by atoms with E-state index in [2.05, 4.69) is 10.2 Å². The molecule has 32 heavy (non-hydrogen) atoms. The zero-order chi connectivity index (χ0) is 23.3. The van der Waals surface area contributed by atoms with E-state index in [-0.39, 0.29) is 11.6 Å². The van der Waals surface area contributed by atoms with Crippen LogP contribution >= 0.6 is 0 Å². The number of hydrogen-bond acceptors (Lipinski definition) is 6. The van der Waals surface area contributed by atoms with Gasteiger partial charge in [0.05, 0.1) is 4.92 Å². The largest absolute Gasteiger partial charge is 0.444 e. The van der Waals surface area contributed by atoms with Crippen molar-refractivity contribution >= 4 is 23.4 Å². The molecule has 0 bridgehead atoms. The van der Waals surface area contributed by atoms with Crippen LogP contribution < -0.4 is 5.32 Å². The minimum Gasteiger partial charge on any atom is -0.444 e. The number of nitro benzene ring substituents is 1. The van der Waals surface area contributed by atoms with Crippen LogP contribution in [0.2, 0.25) is 0 Å². The van der Waals surface area contributed by atoms with Gasteiger partial charge in [0.1, 0.15) is 5.60 Å². The van der Waals surface area contributed by atoms with E-state index in [1.165, 1.54) is 6.07 Å². The molecule has 1 aliphatic heterocycles. The first-order valence-corrected chi connectivity index (χ1v) is 10.5. The lowest BCUT2D eigenvalue weighted by Gasteiger charge is -2.34. The van der Waals surface area contributed by atoms with E-state index in [4.69, 9.17) is 4.74 Å². The fourth-order valence-corrected chi connectivity index (χ4v) is 3.47. The highest BCUT2D eigenvalue weighted by molar-refractivity contribution is 5.96. The lowest BCUT2D eigenvalue weighted by atomic mass is 10.1. The molecule has 1 N–H and O–H groups in total. The lowest BCUT2D eigenvalue weighted by molar-refractivity contribution is -0.384. The van der Waals surface area contributed by atoms with Gasteiger partial charge in [-0.25, -0.2) is 4.79 Å². The smallest absolute Gasteiger partial charge is 0.412 e. The van der Waals surface area contributed by atoms with Gasteiger partial charge in [-0.3, -0.25) is 25.1 Å². The molecule has 1 saturated heterocycles. The van der Waals surface area contributed by atoms with Crippen molar-refractivity contribution in [3.63, 3.8) is 0 Å². The molecule has 9 heteroatoms. The first-order valence-electron chi connectivity index (χ1n) is 10.5. The number of non-ortho nitro benzene ring substituents is 1. The predicted octanol–water partition coefficient (Wildman–Crippen LogP) is 3.90. The highest BCUT2D eigenvalue weighted by Gasteiger charge is 2.23. The Morgan fingerprint density at radius 1 is 1.06 bits per heavy atom. The van der Waals surface area contributed by atoms with Crippen molar-refractivity contribution in [3.8, 4) is 0 Å². The number of ether oxygens (including phenoxy) is 1. The predicted molar refractivity (Wildman–Crippen MR) is 121 cm³/mol. The molecule has 1 heterocycles. The molecule has 0 atom stereocenters. The van der Waals surface area contributed by atoms with Crippen molar-refractivity contribution in [2.24, 2.45) is 0 Å². The van der Waals surface area contributed by atoms with Gasteiger partial charge in [0.2, 0.25) is 0 Å². The van der Waals surface area contributed by atoms with Crippen molar-refractivity contribution in [3.05, 3.63) is 69.8 Å². The van der Waals surface area contributed by atoms with Crippen molar-refractivity contribution in [2.75, 3.05) is 31.5 Å². The summed E-state index contributed by atoms with van der Waals surface area (Å²) < 4.78 is 5.25. The molecule has 3 rings (SSSR count). The Morgan fingerprint density at radius 2 is 1.75 bits per heavy atom. The summed E-state index contributed by atoms with van der Waals surface area (Å²) in [5.41, 5.74) is 1.33. The molecular weight excluding hydrogens is 412 g/mol. The summed E-state index contributed by atoms with van der Waals surface area (Å²) >= 11 is 0. The number of anilines is 1. The molecule has 1 aliphatic rings. The van der Waals surface area contributed by atoms with E-state index in [0.29, 0.717) is 44.0 Å². The first kappa shape index (κ1) is 23.2. The minimum atomic E-state index is -0.609. The molecule has 9 nitrogen and oxygen atoms in total. The summed E-state index contributed by atoms with van der Waals surface area (Å²) in [5.74, 6) is -0.104. The van der Waals surface area contributed by atoms with Crippen LogP contribution in [0.3, 0.4) is 0 Å². The lowest BCUT2D eigenvalue weighted by Crippen LogP contribution is -2.48. The zero-order valence-corrected chi connectivity index (χ0v) is 18.5. The number of amides is 2. The van der Waals surface area contributed by atoms with Crippen LogP contribution in [-0.2, 0) is 11.3 Å². The van der Waals surface area contributed by atoms with Crippen LogP contribution in [0.4, 0.5) is 16.2 Å². The Morgan fingerprint density at radius 3 is 2.41 bits per heavy atom. The van der Waals surface area contributed by atoms with Crippen molar-refractivity contribution in [1.82, 2.24) is 9.80 Å². The molecule has 170 valence electrons. The molecule has 1 fully saturated rings. The van der Waals surface area contributed by atoms with E-state index in [1.807, 2.05) is 6.07 Å². The van der Waals surface area contributed by atoms with Gasteiger partial charge >= 0.3 is 6.09 Å². The highest BCUT2D eigenvalue weighted by Crippen LogP contribution is 2.18. The standard InChI is InChI=1S/C23H28N4O5/c1-23(2,3)32-22(29)24-19-8-5-7-18(15-19)21(28)26-12-10-25(11-13-26)16-17-6-4-9-20(14-17)27(30)31/h4-9,14-15H,10-13,16H2,1-3H3,(H,24,29). The second kappa shape index (κ2) is 9.78. The van der Waals surface area contributed by atoms with Crippen LogP contribution in [0, 0.1) is 10.1 Å². The summed E-state index contributed by atoms with van der Waals surface area (Å²) in [4.78, 5) is 39.4. The van der Waals surface area contributed by atoms with Crippen LogP contribution in [0.5, 0.6) is 0 Å². The molecule has 0 saturated carbocycles. The van der Waals surface area contributed by atoms with Gasteiger partial charge in [0, 0.05) is 56.1 Å². The number of benzene rings is 2. The molecule has 2 amide bonds. The number of nitrogens with one attached hydrogen (secondary N) is 1. The van der Waals surface area contributed by atoms with Crippen LogP contribution in [-0.4, -0.2) is 58.5 Å². The Kier molecular flexibility index (Phi) is 7.09. The number of carbonyl (C=O) groups is 2. The van der Waals surface area contributed by atoms with E-state index in [1.54, 1.807) is 62.1 Å². The van der Waals surface area contributed by atoms with Gasteiger partial charge in [-0.2, -0.15) is 0 Å². The number of rotatable bonds is 5. The van der Waals surface area contributed by atoms with Crippen LogP contribution in [0.15, 0.2) is 48.5 Å². The molecule has 0 aromatic heterocycles. The number of hydrogen-bond donors (Lipinski definition) is 1. The van der Waals surface area contributed by atoms with Gasteiger partial charge in [-0.1, -0.05) is 18.2 Å². The Bertz CT molecular complexity index is 994. The Labute approximate surface area is 187 Å². The fourth-order valence-electron chi connectivity index (χ4n) is 3.47. The average molecular weight is 441 g/mol.